The minimum Gasteiger partial charge on any atom is -0.342 e. The van der Waals surface area contributed by atoms with Crippen LogP contribution in [0.1, 0.15) is 23.7 Å². The molecule has 0 atom stereocenters. The summed E-state index contributed by atoms with van der Waals surface area (Å²) in [6, 6.07) is 1.42. The third-order valence-electron chi connectivity index (χ3n) is 1.86. The Hall–Kier alpha value is -0.870. The molecule has 1 rings (SSSR count). The van der Waals surface area contributed by atoms with E-state index in [1.165, 1.54) is 6.07 Å². The van der Waals surface area contributed by atoms with Crippen LogP contribution >= 0.6 is 23.2 Å². The molecule has 0 N–H and O–H groups in total. The Kier molecular flexibility index (Phi) is 4.29. The van der Waals surface area contributed by atoms with Crippen LogP contribution in [0.3, 0.4) is 0 Å². The van der Waals surface area contributed by atoms with Gasteiger partial charge in [-0.3, -0.25) is 4.79 Å². The van der Waals surface area contributed by atoms with Crippen molar-refractivity contribution in [2.75, 3.05) is 13.6 Å². The first kappa shape index (κ1) is 12.2. The van der Waals surface area contributed by atoms with Crippen molar-refractivity contribution in [1.82, 2.24) is 15.1 Å². The SMILES string of the molecule is CCCN(C)C(=O)c1cc(Cl)nnc1Cl. The highest BCUT2D eigenvalue weighted by Gasteiger charge is 2.16. The number of carbonyl (C=O) groups is 1. The molecule has 6 heteroatoms. The average Bonchev–Trinajstić information content (AvgIpc) is 2.21. The number of carbonyl (C=O) groups excluding carboxylic acids is 1. The summed E-state index contributed by atoms with van der Waals surface area (Å²) < 4.78 is 0. The van der Waals surface area contributed by atoms with Gasteiger partial charge in [-0.2, -0.15) is 0 Å². The largest absolute Gasteiger partial charge is 0.342 e. The standard InChI is InChI=1S/C9H11Cl2N3O/c1-3-4-14(2)9(15)6-5-7(10)12-13-8(6)11/h5H,3-4H2,1-2H3. The first-order valence-electron chi connectivity index (χ1n) is 4.50. The predicted octanol–water partition coefficient (Wildman–Crippen LogP) is 2.27. The van der Waals surface area contributed by atoms with E-state index in [0.717, 1.165) is 6.42 Å². The number of rotatable bonds is 3. The van der Waals surface area contributed by atoms with Crippen molar-refractivity contribution >= 4 is 29.1 Å². The molecule has 0 bridgehead atoms. The third kappa shape index (κ3) is 3.04. The van der Waals surface area contributed by atoms with Crippen molar-refractivity contribution in [3.05, 3.63) is 21.9 Å². The maximum atomic E-state index is 11.8. The molecule has 0 aliphatic heterocycles. The summed E-state index contributed by atoms with van der Waals surface area (Å²) in [5.41, 5.74) is 0.285. The molecule has 15 heavy (non-hydrogen) atoms. The van der Waals surface area contributed by atoms with Gasteiger partial charge in [-0.05, 0) is 12.5 Å². The Morgan fingerprint density at radius 3 is 2.73 bits per heavy atom. The van der Waals surface area contributed by atoms with Crippen LogP contribution in [0, 0.1) is 0 Å². The van der Waals surface area contributed by atoms with E-state index in [2.05, 4.69) is 10.2 Å². The number of hydrogen-bond acceptors (Lipinski definition) is 3. The highest BCUT2D eigenvalue weighted by atomic mass is 35.5. The lowest BCUT2D eigenvalue weighted by Gasteiger charge is -2.16. The van der Waals surface area contributed by atoms with Gasteiger partial charge in [0, 0.05) is 13.6 Å². The normalized spacial score (nSPS) is 10.1. The van der Waals surface area contributed by atoms with Crippen LogP contribution in [0.2, 0.25) is 10.3 Å². The van der Waals surface area contributed by atoms with Crippen molar-refractivity contribution in [2.45, 2.75) is 13.3 Å². The first-order valence-corrected chi connectivity index (χ1v) is 5.26. The molecule has 0 fully saturated rings. The molecule has 1 aromatic heterocycles. The van der Waals surface area contributed by atoms with Crippen molar-refractivity contribution < 1.29 is 4.79 Å². The molecule has 82 valence electrons. The quantitative estimate of drug-likeness (QED) is 0.824. The summed E-state index contributed by atoms with van der Waals surface area (Å²) >= 11 is 11.4. The van der Waals surface area contributed by atoms with Gasteiger partial charge in [-0.1, -0.05) is 30.1 Å². The molecule has 1 heterocycles. The molecule has 0 aliphatic rings. The monoisotopic (exact) mass is 247 g/mol. The van der Waals surface area contributed by atoms with Crippen LogP contribution < -0.4 is 0 Å². The second-order valence-electron chi connectivity index (χ2n) is 3.10. The molecule has 0 aromatic carbocycles. The van der Waals surface area contributed by atoms with Crippen molar-refractivity contribution in [3.8, 4) is 0 Å². The van der Waals surface area contributed by atoms with Crippen LogP contribution in [0.5, 0.6) is 0 Å². The van der Waals surface area contributed by atoms with Crippen LogP contribution in [0.15, 0.2) is 6.07 Å². The topological polar surface area (TPSA) is 46.1 Å². The minimum absolute atomic E-state index is 0.0763. The molecule has 0 saturated heterocycles. The fourth-order valence-corrected chi connectivity index (χ4v) is 1.47. The highest BCUT2D eigenvalue weighted by Crippen LogP contribution is 2.16. The maximum absolute atomic E-state index is 11.8. The van der Waals surface area contributed by atoms with E-state index in [1.807, 2.05) is 6.92 Å². The fourth-order valence-electron chi connectivity index (χ4n) is 1.15. The van der Waals surface area contributed by atoms with Gasteiger partial charge in [0.2, 0.25) is 0 Å². The molecule has 1 aromatic rings. The lowest BCUT2D eigenvalue weighted by molar-refractivity contribution is 0.0794. The van der Waals surface area contributed by atoms with E-state index < -0.39 is 0 Å². The molecule has 4 nitrogen and oxygen atoms in total. The fraction of sp³-hybridized carbons (Fsp3) is 0.444. The van der Waals surface area contributed by atoms with Crippen molar-refractivity contribution in [1.29, 1.82) is 0 Å². The maximum Gasteiger partial charge on any atom is 0.256 e. The predicted molar refractivity (Wildman–Crippen MR) is 59.3 cm³/mol. The van der Waals surface area contributed by atoms with Gasteiger partial charge in [0.1, 0.15) is 0 Å². The Balaban J connectivity index is 2.95. The number of halogens is 2. The van der Waals surface area contributed by atoms with E-state index in [9.17, 15) is 4.79 Å². The summed E-state index contributed by atoms with van der Waals surface area (Å²) in [5, 5.41) is 7.35. The Morgan fingerprint density at radius 2 is 2.13 bits per heavy atom. The van der Waals surface area contributed by atoms with E-state index in [4.69, 9.17) is 23.2 Å². The zero-order valence-corrected chi connectivity index (χ0v) is 10.0. The summed E-state index contributed by atoms with van der Waals surface area (Å²) in [6.07, 6.45) is 0.881. The molecule has 0 spiro atoms. The van der Waals surface area contributed by atoms with E-state index in [1.54, 1.807) is 11.9 Å². The van der Waals surface area contributed by atoms with E-state index in [0.29, 0.717) is 6.54 Å². The zero-order valence-electron chi connectivity index (χ0n) is 8.50. The van der Waals surface area contributed by atoms with Crippen LogP contribution in [0.4, 0.5) is 0 Å². The van der Waals surface area contributed by atoms with Crippen LogP contribution in [-0.2, 0) is 0 Å². The molecular formula is C9H11Cl2N3O. The molecule has 1 amide bonds. The zero-order chi connectivity index (χ0) is 11.4. The van der Waals surface area contributed by atoms with E-state index in [-0.39, 0.29) is 21.8 Å². The van der Waals surface area contributed by atoms with Crippen LogP contribution in [0.25, 0.3) is 0 Å². The van der Waals surface area contributed by atoms with Gasteiger partial charge in [0.05, 0.1) is 5.56 Å². The number of hydrogen-bond donors (Lipinski definition) is 0. The van der Waals surface area contributed by atoms with Gasteiger partial charge < -0.3 is 4.90 Å². The third-order valence-corrected chi connectivity index (χ3v) is 2.32. The Bertz CT molecular complexity index is 370. The lowest BCUT2D eigenvalue weighted by atomic mass is 10.2. The van der Waals surface area contributed by atoms with Crippen molar-refractivity contribution in [2.24, 2.45) is 0 Å². The molecule has 0 radical (unpaired) electrons. The summed E-state index contributed by atoms with van der Waals surface area (Å²) in [5.74, 6) is -0.196. The average molecular weight is 248 g/mol. The first-order chi connectivity index (χ1) is 7.06. The number of amides is 1. The molecule has 0 unspecified atom stereocenters. The second-order valence-corrected chi connectivity index (χ2v) is 3.84. The van der Waals surface area contributed by atoms with Gasteiger partial charge >= 0.3 is 0 Å². The van der Waals surface area contributed by atoms with Gasteiger partial charge in [0.15, 0.2) is 10.3 Å². The van der Waals surface area contributed by atoms with E-state index >= 15 is 0 Å². The number of nitrogens with zero attached hydrogens (tertiary/aromatic N) is 3. The summed E-state index contributed by atoms with van der Waals surface area (Å²) in [6.45, 7) is 2.65. The summed E-state index contributed by atoms with van der Waals surface area (Å²) in [7, 11) is 1.70. The minimum atomic E-state index is -0.196. The Labute approximate surface area is 98.2 Å². The Morgan fingerprint density at radius 1 is 1.47 bits per heavy atom. The van der Waals surface area contributed by atoms with Gasteiger partial charge in [0.25, 0.3) is 5.91 Å². The smallest absolute Gasteiger partial charge is 0.256 e. The summed E-state index contributed by atoms with van der Waals surface area (Å²) in [4.78, 5) is 13.4. The molecular weight excluding hydrogens is 237 g/mol. The van der Waals surface area contributed by atoms with Crippen LogP contribution in [-0.4, -0.2) is 34.6 Å². The van der Waals surface area contributed by atoms with Gasteiger partial charge in [-0.25, -0.2) is 0 Å². The number of aromatic nitrogens is 2. The molecule has 0 saturated carbocycles. The van der Waals surface area contributed by atoms with Crippen molar-refractivity contribution in [3.63, 3.8) is 0 Å². The molecule has 0 aliphatic carbocycles. The van der Waals surface area contributed by atoms with Gasteiger partial charge in [-0.15, -0.1) is 10.2 Å². The second kappa shape index (κ2) is 5.28. The highest BCUT2D eigenvalue weighted by molar-refractivity contribution is 6.34. The lowest BCUT2D eigenvalue weighted by Crippen LogP contribution is -2.27.